The quantitative estimate of drug-likeness (QED) is 0.622. The van der Waals surface area contributed by atoms with Crippen molar-refractivity contribution in [1.82, 2.24) is 0 Å². The van der Waals surface area contributed by atoms with Crippen LogP contribution in [-0.2, 0) is 4.74 Å². The highest BCUT2D eigenvalue weighted by molar-refractivity contribution is 4.68. The molecule has 2 unspecified atom stereocenters. The normalized spacial score (nSPS) is 15.6. The zero-order valence-corrected chi connectivity index (χ0v) is 10.3. The predicted molar refractivity (Wildman–Crippen MR) is 61.8 cm³/mol. The van der Waals surface area contributed by atoms with Crippen LogP contribution in [0.1, 0.15) is 46.5 Å². The van der Waals surface area contributed by atoms with Gasteiger partial charge >= 0.3 is 0 Å². The van der Waals surface area contributed by atoms with E-state index in [1.54, 1.807) is 6.92 Å². The number of aliphatic hydroxyl groups excluding tert-OH is 2. The summed E-state index contributed by atoms with van der Waals surface area (Å²) in [5, 5.41) is 18.7. The fourth-order valence-corrected chi connectivity index (χ4v) is 1.72. The second-order valence-corrected chi connectivity index (χ2v) is 4.23. The molecule has 0 saturated heterocycles. The first-order valence-electron chi connectivity index (χ1n) is 6.06. The lowest BCUT2D eigenvalue weighted by Gasteiger charge is -2.23. The maximum absolute atomic E-state index is 9.91. The molecule has 0 saturated carbocycles. The van der Waals surface area contributed by atoms with Gasteiger partial charge in [0.15, 0.2) is 0 Å². The zero-order chi connectivity index (χ0) is 11.7. The molecule has 0 rings (SSSR count). The third-order valence-corrected chi connectivity index (χ3v) is 2.67. The maximum Gasteiger partial charge on any atom is 0.0801 e. The lowest BCUT2D eigenvalue weighted by molar-refractivity contribution is -0.0442. The van der Waals surface area contributed by atoms with Gasteiger partial charge in [-0.1, -0.05) is 26.7 Å². The second-order valence-electron chi connectivity index (χ2n) is 4.23. The molecular weight excluding hydrogens is 192 g/mol. The molecule has 3 heteroatoms. The van der Waals surface area contributed by atoms with Gasteiger partial charge in [0, 0.05) is 0 Å². The molecule has 3 nitrogen and oxygen atoms in total. The van der Waals surface area contributed by atoms with Crippen molar-refractivity contribution in [3.8, 4) is 0 Å². The maximum atomic E-state index is 9.91. The number of hydrogen-bond donors (Lipinski definition) is 2. The fourth-order valence-electron chi connectivity index (χ4n) is 1.72. The Bertz CT molecular complexity index is 133. The first kappa shape index (κ1) is 14.9. The third kappa shape index (κ3) is 6.88. The van der Waals surface area contributed by atoms with E-state index in [0.29, 0.717) is 12.5 Å². The number of ether oxygens (including phenoxy) is 1. The summed E-state index contributed by atoms with van der Waals surface area (Å²) in [4.78, 5) is 0. The van der Waals surface area contributed by atoms with Crippen molar-refractivity contribution in [3.63, 3.8) is 0 Å². The molecule has 2 N–H and O–H groups in total. The van der Waals surface area contributed by atoms with Crippen molar-refractivity contribution in [2.24, 2.45) is 5.92 Å². The van der Waals surface area contributed by atoms with E-state index >= 15 is 0 Å². The first-order chi connectivity index (χ1) is 7.15. The summed E-state index contributed by atoms with van der Waals surface area (Å²) in [6, 6.07) is 0. The molecule has 0 radical (unpaired) electrons. The molecule has 0 aliphatic heterocycles. The summed E-state index contributed by atoms with van der Waals surface area (Å²) in [6.07, 6.45) is 3.72. The van der Waals surface area contributed by atoms with E-state index in [2.05, 4.69) is 13.8 Å². The summed E-state index contributed by atoms with van der Waals surface area (Å²) >= 11 is 0. The highest BCUT2D eigenvalue weighted by Crippen LogP contribution is 2.18. The fraction of sp³-hybridized carbons (Fsp3) is 1.00. The molecule has 0 bridgehead atoms. The molecule has 0 aromatic heterocycles. The van der Waals surface area contributed by atoms with Crippen LogP contribution >= 0.6 is 0 Å². The first-order valence-corrected chi connectivity index (χ1v) is 6.06. The Morgan fingerprint density at radius 3 is 2.07 bits per heavy atom. The highest BCUT2D eigenvalue weighted by Gasteiger charge is 2.18. The van der Waals surface area contributed by atoms with Crippen molar-refractivity contribution < 1.29 is 14.9 Å². The van der Waals surface area contributed by atoms with Gasteiger partial charge in [0.2, 0.25) is 0 Å². The van der Waals surface area contributed by atoms with Crippen LogP contribution < -0.4 is 0 Å². The Morgan fingerprint density at radius 1 is 1.13 bits per heavy atom. The largest absolute Gasteiger partial charge is 0.394 e. The zero-order valence-electron chi connectivity index (χ0n) is 10.3. The Morgan fingerprint density at radius 2 is 1.67 bits per heavy atom. The number of aliphatic hydroxyl groups is 2. The summed E-state index contributed by atoms with van der Waals surface area (Å²) in [5.74, 6) is 0.339. The lowest BCUT2D eigenvalue weighted by Crippen LogP contribution is -2.28. The third-order valence-electron chi connectivity index (χ3n) is 2.67. The van der Waals surface area contributed by atoms with Crippen LogP contribution in [0.2, 0.25) is 0 Å². The summed E-state index contributed by atoms with van der Waals surface area (Å²) in [5.41, 5.74) is 0. The van der Waals surface area contributed by atoms with Crippen molar-refractivity contribution in [2.45, 2.75) is 58.7 Å². The standard InChI is InChI=1S/C12H26O3/c1-4-6-11(7-5-2)12(14)9-15-10(3)8-13/h10-14H,4-9H2,1-3H3. The van der Waals surface area contributed by atoms with Gasteiger partial charge < -0.3 is 14.9 Å². The molecule has 2 atom stereocenters. The molecule has 0 aliphatic rings. The number of rotatable bonds is 9. The average molecular weight is 218 g/mol. The summed E-state index contributed by atoms with van der Waals surface area (Å²) < 4.78 is 5.33. The average Bonchev–Trinajstić information content (AvgIpc) is 2.25. The molecular formula is C12H26O3. The van der Waals surface area contributed by atoms with Crippen molar-refractivity contribution in [2.75, 3.05) is 13.2 Å². The summed E-state index contributed by atoms with van der Waals surface area (Å²) in [6.45, 7) is 6.42. The molecule has 15 heavy (non-hydrogen) atoms. The molecule has 0 aromatic rings. The van der Waals surface area contributed by atoms with E-state index in [0.717, 1.165) is 25.7 Å². The van der Waals surface area contributed by atoms with Crippen LogP contribution in [-0.4, -0.2) is 35.6 Å². The van der Waals surface area contributed by atoms with Crippen LogP contribution in [0.3, 0.4) is 0 Å². The lowest BCUT2D eigenvalue weighted by atomic mass is 9.93. The molecule has 0 amide bonds. The van der Waals surface area contributed by atoms with Gasteiger partial charge in [0.25, 0.3) is 0 Å². The van der Waals surface area contributed by atoms with Gasteiger partial charge in [-0.3, -0.25) is 0 Å². The van der Waals surface area contributed by atoms with E-state index < -0.39 is 0 Å². The van der Waals surface area contributed by atoms with Crippen LogP contribution in [0.15, 0.2) is 0 Å². The van der Waals surface area contributed by atoms with Crippen LogP contribution in [0.4, 0.5) is 0 Å². The van der Waals surface area contributed by atoms with E-state index in [4.69, 9.17) is 9.84 Å². The Balaban J connectivity index is 3.84. The molecule has 0 aliphatic carbocycles. The van der Waals surface area contributed by atoms with Gasteiger partial charge in [-0.25, -0.2) is 0 Å². The van der Waals surface area contributed by atoms with Crippen LogP contribution in [0, 0.1) is 5.92 Å². The highest BCUT2D eigenvalue weighted by atomic mass is 16.5. The molecule has 0 fully saturated rings. The van der Waals surface area contributed by atoms with E-state index in [1.165, 1.54) is 0 Å². The van der Waals surface area contributed by atoms with Gasteiger partial charge in [0.05, 0.1) is 25.4 Å². The monoisotopic (exact) mass is 218 g/mol. The van der Waals surface area contributed by atoms with Crippen molar-refractivity contribution >= 4 is 0 Å². The van der Waals surface area contributed by atoms with E-state index in [-0.39, 0.29) is 18.8 Å². The van der Waals surface area contributed by atoms with Gasteiger partial charge in [0.1, 0.15) is 0 Å². The molecule has 0 heterocycles. The van der Waals surface area contributed by atoms with Gasteiger partial charge in [-0.05, 0) is 25.7 Å². The minimum absolute atomic E-state index is 0.0128. The van der Waals surface area contributed by atoms with Crippen LogP contribution in [0.25, 0.3) is 0 Å². The Kier molecular flexibility index (Phi) is 9.06. The predicted octanol–water partition coefficient (Wildman–Crippen LogP) is 1.96. The topological polar surface area (TPSA) is 49.7 Å². The minimum Gasteiger partial charge on any atom is -0.394 e. The Hall–Kier alpha value is -0.120. The Labute approximate surface area is 93.5 Å². The smallest absolute Gasteiger partial charge is 0.0801 e. The summed E-state index contributed by atoms with van der Waals surface area (Å²) in [7, 11) is 0. The van der Waals surface area contributed by atoms with Crippen molar-refractivity contribution in [3.05, 3.63) is 0 Å². The second kappa shape index (κ2) is 9.13. The van der Waals surface area contributed by atoms with Crippen molar-refractivity contribution in [1.29, 1.82) is 0 Å². The van der Waals surface area contributed by atoms with Gasteiger partial charge in [-0.15, -0.1) is 0 Å². The van der Waals surface area contributed by atoms with E-state index in [1.807, 2.05) is 0 Å². The molecule has 0 aromatic carbocycles. The number of hydrogen-bond acceptors (Lipinski definition) is 3. The molecule has 0 spiro atoms. The van der Waals surface area contributed by atoms with E-state index in [9.17, 15) is 5.11 Å². The SMILES string of the molecule is CCCC(CCC)C(O)COC(C)CO. The molecule has 92 valence electrons. The van der Waals surface area contributed by atoms with Crippen LogP contribution in [0.5, 0.6) is 0 Å². The minimum atomic E-state index is -0.390. The van der Waals surface area contributed by atoms with Gasteiger partial charge in [-0.2, -0.15) is 0 Å².